The number of aliphatic hydroxyl groups is 1. The molecule has 3 aromatic rings. The summed E-state index contributed by atoms with van der Waals surface area (Å²) >= 11 is 0. The van der Waals surface area contributed by atoms with Crippen LogP contribution in [0.4, 0.5) is 20.6 Å². The molecule has 2 aromatic carbocycles. The van der Waals surface area contributed by atoms with Crippen molar-refractivity contribution >= 4 is 23.3 Å². The zero-order valence-corrected chi connectivity index (χ0v) is 17.1. The lowest BCUT2D eigenvalue weighted by molar-refractivity contribution is -0.0245. The maximum absolute atomic E-state index is 13.2. The molecule has 32 heavy (non-hydrogen) atoms. The van der Waals surface area contributed by atoms with Gasteiger partial charge >= 0.3 is 6.03 Å². The highest BCUT2D eigenvalue weighted by Gasteiger charge is 2.55. The normalized spacial score (nSPS) is 21.2. The van der Waals surface area contributed by atoms with Gasteiger partial charge in [0.05, 0.1) is 18.7 Å². The van der Waals surface area contributed by atoms with Crippen molar-refractivity contribution in [2.75, 3.05) is 23.4 Å². The molecule has 0 aliphatic carbocycles. The van der Waals surface area contributed by atoms with Gasteiger partial charge in [-0.2, -0.15) is 0 Å². The number of carbonyl (C=O) groups is 2. The van der Waals surface area contributed by atoms with Crippen LogP contribution in [0.1, 0.15) is 22.0 Å². The number of anilines is 2. The third-order valence-corrected chi connectivity index (χ3v) is 6.15. The molecule has 162 valence electrons. The molecule has 0 radical (unpaired) electrons. The van der Waals surface area contributed by atoms with Crippen LogP contribution in [-0.2, 0) is 0 Å². The predicted molar refractivity (Wildman–Crippen MR) is 117 cm³/mol. The van der Waals surface area contributed by atoms with Crippen molar-refractivity contribution in [3.63, 3.8) is 0 Å². The number of hydrogen-bond acceptors (Lipinski definition) is 4. The molecule has 1 aromatic heterocycles. The molecule has 3 atom stereocenters. The summed E-state index contributed by atoms with van der Waals surface area (Å²) in [5.41, 5.74) is 2.41. The Balaban J connectivity index is 1.46. The summed E-state index contributed by atoms with van der Waals surface area (Å²) in [5, 5.41) is 12.9. The number of nitrogens with zero attached hydrogens (tertiary/aromatic N) is 3. The van der Waals surface area contributed by atoms with Crippen LogP contribution in [0.15, 0.2) is 72.9 Å². The van der Waals surface area contributed by atoms with Crippen LogP contribution < -0.4 is 10.2 Å². The van der Waals surface area contributed by atoms with E-state index in [2.05, 4.69) is 10.3 Å². The van der Waals surface area contributed by atoms with E-state index in [9.17, 15) is 19.1 Å². The molecular formula is C24H21FN4O3. The largest absolute Gasteiger partial charge is 0.394 e. The van der Waals surface area contributed by atoms with Crippen molar-refractivity contribution in [3.8, 4) is 0 Å². The first-order valence-corrected chi connectivity index (χ1v) is 10.4. The first kappa shape index (κ1) is 20.1. The topological polar surface area (TPSA) is 85.8 Å². The van der Waals surface area contributed by atoms with Gasteiger partial charge in [0.2, 0.25) is 0 Å². The molecule has 7 nitrogen and oxygen atoms in total. The summed E-state index contributed by atoms with van der Waals surface area (Å²) in [6.45, 7) is 0.0830. The summed E-state index contributed by atoms with van der Waals surface area (Å²) in [4.78, 5) is 33.7. The monoisotopic (exact) mass is 432 g/mol. The Bertz CT molecular complexity index is 1160. The Morgan fingerprint density at radius 2 is 1.81 bits per heavy atom. The van der Waals surface area contributed by atoms with Gasteiger partial charge in [-0.15, -0.1) is 0 Å². The third-order valence-electron chi connectivity index (χ3n) is 6.15. The number of halogens is 1. The summed E-state index contributed by atoms with van der Waals surface area (Å²) < 4.78 is 13.2. The van der Waals surface area contributed by atoms with E-state index in [0.717, 1.165) is 11.3 Å². The highest BCUT2D eigenvalue weighted by molar-refractivity contribution is 6.03. The van der Waals surface area contributed by atoms with Crippen LogP contribution in [0.25, 0.3) is 0 Å². The van der Waals surface area contributed by atoms with E-state index in [0.29, 0.717) is 11.4 Å². The Kier molecular flexibility index (Phi) is 5.07. The van der Waals surface area contributed by atoms with E-state index >= 15 is 0 Å². The minimum Gasteiger partial charge on any atom is -0.394 e. The Hall–Kier alpha value is -3.78. The zero-order chi connectivity index (χ0) is 22.2. The fourth-order valence-electron chi connectivity index (χ4n) is 4.70. The Morgan fingerprint density at radius 1 is 1.06 bits per heavy atom. The number of para-hydroxylation sites is 1. The number of carbonyl (C=O) groups excluding carboxylic acids is 2. The van der Waals surface area contributed by atoms with Gasteiger partial charge in [-0.05, 0) is 48.0 Å². The molecule has 2 N–H and O–H groups in total. The zero-order valence-electron chi connectivity index (χ0n) is 17.1. The molecule has 3 heterocycles. The first-order chi connectivity index (χ1) is 15.6. The number of rotatable bonds is 3. The molecular weight excluding hydrogens is 411 g/mol. The van der Waals surface area contributed by atoms with E-state index in [1.807, 2.05) is 24.3 Å². The van der Waals surface area contributed by atoms with Gasteiger partial charge < -0.3 is 15.3 Å². The van der Waals surface area contributed by atoms with Crippen LogP contribution in [0.5, 0.6) is 0 Å². The molecule has 1 saturated heterocycles. The van der Waals surface area contributed by atoms with Gasteiger partial charge in [0.1, 0.15) is 11.5 Å². The summed E-state index contributed by atoms with van der Waals surface area (Å²) in [5.74, 6) is -0.745. The van der Waals surface area contributed by atoms with Gasteiger partial charge in [-0.3, -0.25) is 14.7 Å². The first-order valence-electron chi connectivity index (χ1n) is 10.4. The lowest BCUT2D eigenvalue weighted by Crippen LogP contribution is -2.71. The summed E-state index contributed by atoms with van der Waals surface area (Å²) in [7, 11) is 0. The fourth-order valence-corrected chi connectivity index (χ4v) is 4.70. The van der Waals surface area contributed by atoms with Crippen LogP contribution >= 0.6 is 0 Å². The molecule has 0 bridgehead atoms. The highest BCUT2D eigenvalue weighted by Crippen LogP contribution is 2.48. The van der Waals surface area contributed by atoms with Crippen LogP contribution in [-0.4, -0.2) is 52.2 Å². The second-order valence-electron chi connectivity index (χ2n) is 7.88. The van der Waals surface area contributed by atoms with Crippen molar-refractivity contribution in [2.45, 2.75) is 18.0 Å². The average molecular weight is 432 g/mol. The molecule has 2 aliphatic heterocycles. The van der Waals surface area contributed by atoms with E-state index in [4.69, 9.17) is 0 Å². The standard InChI is InChI=1S/C24H21FN4O3/c25-15-8-10-16(11-9-15)27-24(32)28-13-20-22(17-5-1-2-7-19(17)28)21(14-30)29(20)23(31)18-6-3-4-12-26-18/h1-12,20-22,30H,13-14H2,(H,27,32)/t20-,21+,22+/m1/s1. The van der Waals surface area contributed by atoms with Crippen molar-refractivity contribution in [3.05, 3.63) is 90.0 Å². The second kappa shape index (κ2) is 8.05. The van der Waals surface area contributed by atoms with Crippen molar-refractivity contribution in [2.24, 2.45) is 0 Å². The number of hydrogen-bond donors (Lipinski definition) is 2. The number of amides is 3. The van der Waals surface area contributed by atoms with Gasteiger partial charge in [-0.25, -0.2) is 9.18 Å². The van der Waals surface area contributed by atoms with E-state index in [1.165, 1.54) is 24.3 Å². The second-order valence-corrected chi connectivity index (χ2v) is 7.88. The number of benzene rings is 2. The third kappa shape index (κ3) is 3.29. The van der Waals surface area contributed by atoms with Gasteiger partial charge in [-0.1, -0.05) is 24.3 Å². The maximum Gasteiger partial charge on any atom is 0.326 e. The molecule has 1 fully saturated rings. The number of pyridine rings is 1. The van der Waals surface area contributed by atoms with Crippen LogP contribution in [0.3, 0.4) is 0 Å². The molecule has 5 rings (SSSR count). The molecule has 8 heteroatoms. The maximum atomic E-state index is 13.2. The number of aliphatic hydroxyl groups excluding tert-OH is 1. The van der Waals surface area contributed by atoms with Crippen molar-refractivity contribution < 1.29 is 19.1 Å². The van der Waals surface area contributed by atoms with E-state index < -0.39 is 6.04 Å². The number of likely N-dealkylation sites (tertiary alicyclic amines) is 1. The number of fused-ring (bicyclic) bond motifs is 3. The quantitative estimate of drug-likeness (QED) is 0.665. The molecule has 2 aliphatic rings. The highest BCUT2D eigenvalue weighted by atomic mass is 19.1. The lowest BCUT2D eigenvalue weighted by Gasteiger charge is -2.58. The summed E-state index contributed by atoms with van der Waals surface area (Å²) in [6.07, 6.45) is 1.55. The number of aromatic nitrogens is 1. The molecule has 0 saturated carbocycles. The average Bonchev–Trinajstić information content (AvgIpc) is 2.81. The van der Waals surface area contributed by atoms with Gasteiger partial charge in [0.25, 0.3) is 5.91 Å². The number of nitrogens with one attached hydrogen (secondary N) is 1. The summed E-state index contributed by atoms with van der Waals surface area (Å²) in [6, 6.07) is 17.1. The minimum atomic E-state index is -0.391. The fraction of sp³-hybridized carbons (Fsp3) is 0.208. The Morgan fingerprint density at radius 3 is 2.53 bits per heavy atom. The number of urea groups is 1. The van der Waals surface area contributed by atoms with Gasteiger partial charge in [0.15, 0.2) is 0 Å². The van der Waals surface area contributed by atoms with Crippen LogP contribution in [0.2, 0.25) is 0 Å². The van der Waals surface area contributed by atoms with E-state index in [-0.39, 0.29) is 42.9 Å². The Labute approximate surface area is 184 Å². The SMILES string of the molecule is O=C(Nc1ccc(F)cc1)N1C[C@@H]2[C@H](c3ccccc31)[C@H](CO)N2C(=O)c1ccccn1. The van der Waals surface area contributed by atoms with Crippen molar-refractivity contribution in [1.82, 2.24) is 9.88 Å². The van der Waals surface area contributed by atoms with Crippen molar-refractivity contribution in [1.29, 1.82) is 0 Å². The smallest absolute Gasteiger partial charge is 0.326 e. The molecule has 3 amide bonds. The molecule has 0 spiro atoms. The lowest BCUT2D eigenvalue weighted by atomic mass is 9.72. The van der Waals surface area contributed by atoms with Crippen LogP contribution in [0, 0.1) is 5.82 Å². The predicted octanol–water partition coefficient (Wildman–Crippen LogP) is 3.24. The van der Waals surface area contributed by atoms with E-state index in [1.54, 1.807) is 34.2 Å². The molecule has 0 unspecified atom stereocenters. The van der Waals surface area contributed by atoms with Gasteiger partial charge in [0, 0.05) is 30.0 Å². The minimum absolute atomic E-state index is 0.0845.